The third kappa shape index (κ3) is 6.00. The van der Waals surface area contributed by atoms with Crippen molar-refractivity contribution in [2.24, 2.45) is 0 Å². The summed E-state index contributed by atoms with van der Waals surface area (Å²) in [4.78, 5) is 0. The Kier molecular flexibility index (Phi) is 7.57. The summed E-state index contributed by atoms with van der Waals surface area (Å²) >= 11 is 0. The second-order valence-electron chi connectivity index (χ2n) is 5.22. The summed E-state index contributed by atoms with van der Waals surface area (Å²) in [5.74, 6) is 0.548. The number of benzene rings is 2. The van der Waals surface area contributed by atoms with Crippen LogP contribution in [0.2, 0.25) is 0 Å². The number of para-hydroxylation sites is 1. The summed E-state index contributed by atoms with van der Waals surface area (Å²) in [5.41, 5.74) is 1.63. The summed E-state index contributed by atoms with van der Waals surface area (Å²) in [6, 6.07) is 14.5. The van der Waals surface area contributed by atoms with Gasteiger partial charge in [-0.15, -0.1) is 0 Å². The zero-order chi connectivity index (χ0) is 16.3. The van der Waals surface area contributed by atoms with Crippen molar-refractivity contribution in [1.29, 1.82) is 0 Å². The topological polar surface area (TPSA) is 30.5 Å². The normalized spacial score (nSPS) is 10.7. The van der Waals surface area contributed by atoms with Gasteiger partial charge in [-0.25, -0.2) is 4.39 Å². The molecule has 2 aromatic rings. The maximum atomic E-state index is 13.6. The van der Waals surface area contributed by atoms with Crippen molar-refractivity contribution in [3.8, 4) is 5.75 Å². The van der Waals surface area contributed by atoms with E-state index in [0.717, 1.165) is 44.0 Å². The first-order chi connectivity index (χ1) is 11.3. The molecule has 0 spiro atoms. The second-order valence-corrected chi connectivity index (χ2v) is 5.22. The Hall–Kier alpha value is -1.91. The van der Waals surface area contributed by atoms with Gasteiger partial charge >= 0.3 is 0 Å². The molecule has 1 N–H and O–H groups in total. The third-order valence-electron chi connectivity index (χ3n) is 3.48. The minimum absolute atomic E-state index is 0.230. The molecule has 2 aromatic carbocycles. The van der Waals surface area contributed by atoms with Crippen LogP contribution >= 0.6 is 0 Å². The van der Waals surface area contributed by atoms with E-state index in [1.54, 1.807) is 12.1 Å². The van der Waals surface area contributed by atoms with E-state index in [0.29, 0.717) is 5.56 Å². The molecule has 0 aromatic heterocycles. The highest BCUT2D eigenvalue weighted by molar-refractivity contribution is 5.33. The lowest BCUT2D eigenvalue weighted by atomic mass is 10.2. The average Bonchev–Trinajstić information content (AvgIpc) is 2.58. The van der Waals surface area contributed by atoms with Crippen LogP contribution in [0.1, 0.15) is 24.5 Å². The molecule has 0 atom stereocenters. The first kappa shape index (κ1) is 17.4. The van der Waals surface area contributed by atoms with Crippen molar-refractivity contribution in [2.45, 2.75) is 26.5 Å². The highest BCUT2D eigenvalue weighted by Crippen LogP contribution is 2.20. The minimum Gasteiger partial charge on any atom is -0.488 e. The Labute approximate surface area is 137 Å². The molecule has 0 unspecified atom stereocenters. The van der Waals surface area contributed by atoms with E-state index in [2.05, 4.69) is 5.32 Å². The van der Waals surface area contributed by atoms with Gasteiger partial charge in [0.15, 0.2) is 0 Å². The van der Waals surface area contributed by atoms with Crippen LogP contribution in [0.25, 0.3) is 0 Å². The van der Waals surface area contributed by atoms with Gasteiger partial charge in [-0.05, 0) is 32.0 Å². The van der Waals surface area contributed by atoms with Crippen molar-refractivity contribution in [3.05, 3.63) is 65.5 Å². The van der Waals surface area contributed by atoms with Crippen LogP contribution < -0.4 is 10.1 Å². The minimum atomic E-state index is -0.237. The second kappa shape index (κ2) is 9.98. The lowest BCUT2D eigenvalue weighted by Crippen LogP contribution is -2.17. The molecule has 124 valence electrons. The first-order valence-corrected chi connectivity index (χ1v) is 8.04. The number of hydrogen-bond acceptors (Lipinski definition) is 3. The van der Waals surface area contributed by atoms with E-state index in [1.165, 1.54) is 6.07 Å². The molecule has 0 aliphatic heterocycles. The quantitative estimate of drug-likeness (QED) is 0.674. The Balaban J connectivity index is 1.84. The van der Waals surface area contributed by atoms with Crippen molar-refractivity contribution in [2.75, 3.05) is 19.8 Å². The van der Waals surface area contributed by atoms with Gasteiger partial charge in [0.1, 0.15) is 18.2 Å². The Bertz CT molecular complexity index is 589. The van der Waals surface area contributed by atoms with Gasteiger partial charge in [0.25, 0.3) is 0 Å². The number of nitrogens with one attached hydrogen (secondary N) is 1. The van der Waals surface area contributed by atoms with Crippen LogP contribution in [0.15, 0.2) is 48.5 Å². The molecule has 0 fully saturated rings. The molecule has 2 rings (SSSR count). The molecular formula is C19H24FNO2. The van der Waals surface area contributed by atoms with Crippen LogP contribution in [0.5, 0.6) is 5.75 Å². The third-order valence-corrected chi connectivity index (χ3v) is 3.48. The van der Waals surface area contributed by atoms with Crippen molar-refractivity contribution in [1.82, 2.24) is 5.32 Å². The zero-order valence-corrected chi connectivity index (χ0v) is 13.6. The number of ether oxygens (including phenoxy) is 2. The predicted molar refractivity (Wildman–Crippen MR) is 90.0 cm³/mol. The lowest BCUT2D eigenvalue weighted by Gasteiger charge is -2.12. The Morgan fingerprint density at radius 3 is 2.52 bits per heavy atom. The van der Waals surface area contributed by atoms with E-state index in [9.17, 15) is 4.39 Å². The monoisotopic (exact) mass is 317 g/mol. The molecule has 0 heterocycles. The van der Waals surface area contributed by atoms with Crippen molar-refractivity contribution >= 4 is 0 Å². The molecule has 0 radical (unpaired) electrons. The van der Waals surface area contributed by atoms with E-state index >= 15 is 0 Å². The zero-order valence-electron chi connectivity index (χ0n) is 13.6. The van der Waals surface area contributed by atoms with Gasteiger partial charge < -0.3 is 14.8 Å². The fraction of sp³-hybridized carbons (Fsp3) is 0.368. The van der Waals surface area contributed by atoms with E-state index < -0.39 is 0 Å². The van der Waals surface area contributed by atoms with Gasteiger partial charge in [-0.2, -0.15) is 0 Å². The smallest absolute Gasteiger partial charge is 0.129 e. The first-order valence-electron chi connectivity index (χ1n) is 8.04. The van der Waals surface area contributed by atoms with Gasteiger partial charge in [-0.1, -0.05) is 36.4 Å². The molecule has 0 saturated heterocycles. The fourth-order valence-electron chi connectivity index (χ4n) is 2.23. The summed E-state index contributed by atoms with van der Waals surface area (Å²) in [7, 11) is 0. The summed E-state index contributed by atoms with van der Waals surface area (Å²) < 4.78 is 24.7. The maximum absolute atomic E-state index is 13.6. The molecule has 23 heavy (non-hydrogen) atoms. The number of halogens is 1. The molecule has 0 saturated carbocycles. The maximum Gasteiger partial charge on any atom is 0.129 e. The fourth-order valence-corrected chi connectivity index (χ4v) is 2.23. The molecule has 4 heteroatoms. The van der Waals surface area contributed by atoms with Crippen molar-refractivity contribution < 1.29 is 13.9 Å². The number of hydrogen-bond donors (Lipinski definition) is 1. The molecule has 3 nitrogen and oxygen atoms in total. The Morgan fingerprint density at radius 1 is 1.00 bits per heavy atom. The predicted octanol–water partition coefficient (Wildman–Crippen LogP) is 3.92. The highest BCUT2D eigenvalue weighted by Gasteiger charge is 2.05. The standard InChI is InChI=1S/C19H24FNO2/c1-2-22-13-7-12-21-14-16-8-4-6-11-19(16)23-15-17-9-3-5-10-18(17)20/h3-6,8-11,21H,2,7,12-15H2,1H3. The summed E-state index contributed by atoms with van der Waals surface area (Å²) in [5, 5.41) is 3.38. The van der Waals surface area contributed by atoms with Gasteiger partial charge in [-0.3, -0.25) is 0 Å². The lowest BCUT2D eigenvalue weighted by molar-refractivity contribution is 0.144. The van der Waals surface area contributed by atoms with Gasteiger partial charge in [0.2, 0.25) is 0 Å². The average molecular weight is 317 g/mol. The van der Waals surface area contributed by atoms with Crippen LogP contribution in [0, 0.1) is 5.82 Å². The summed E-state index contributed by atoms with van der Waals surface area (Å²) in [6.07, 6.45) is 0.978. The molecule has 0 amide bonds. The SMILES string of the molecule is CCOCCCNCc1ccccc1OCc1ccccc1F. The Morgan fingerprint density at radius 2 is 1.74 bits per heavy atom. The van der Waals surface area contributed by atoms with E-state index in [4.69, 9.17) is 9.47 Å². The van der Waals surface area contributed by atoms with Gasteiger partial charge in [0, 0.05) is 30.9 Å². The summed E-state index contributed by atoms with van der Waals surface area (Å²) in [6.45, 7) is 5.37. The molecule has 0 aliphatic rings. The molecule has 0 aliphatic carbocycles. The van der Waals surface area contributed by atoms with Gasteiger partial charge in [0.05, 0.1) is 0 Å². The molecular weight excluding hydrogens is 293 g/mol. The van der Waals surface area contributed by atoms with Crippen LogP contribution in [0.4, 0.5) is 4.39 Å². The van der Waals surface area contributed by atoms with E-state index in [-0.39, 0.29) is 12.4 Å². The molecule has 0 bridgehead atoms. The van der Waals surface area contributed by atoms with E-state index in [1.807, 2.05) is 37.3 Å². The van der Waals surface area contributed by atoms with Crippen molar-refractivity contribution in [3.63, 3.8) is 0 Å². The van der Waals surface area contributed by atoms with Crippen LogP contribution in [-0.2, 0) is 17.9 Å². The largest absolute Gasteiger partial charge is 0.488 e. The highest BCUT2D eigenvalue weighted by atomic mass is 19.1. The van der Waals surface area contributed by atoms with Crippen LogP contribution in [-0.4, -0.2) is 19.8 Å². The number of rotatable bonds is 10. The van der Waals surface area contributed by atoms with Crippen LogP contribution in [0.3, 0.4) is 0 Å².